The molecule has 0 saturated heterocycles. The summed E-state index contributed by atoms with van der Waals surface area (Å²) in [5.41, 5.74) is 0.470. The van der Waals surface area contributed by atoms with Crippen LogP contribution in [0.4, 0.5) is 24.7 Å². The van der Waals surface area contributed by atoms with Crippen LogP contribution in [0.25, 0.3) is 0 Å². The van der Waals surface area contributed by atoms with E-state index in [0.717, 1.165) is 0 Å². The molecule has 2 rings (SSSR count). The first-order valence-electron chi connectivity index (χ1n) is 5.42. The summed E-state index contributed by atoms with van der Waals surface area (Å²) in [6.45, 7) is 0. The largest absolute Gasteiger partial charge is 0.495 e. The number of aromatic nitrogens is 2. The molecule has 0 unspecified atom stereocenters. The Morgan fingerprint density at radius 1 is 1.20 bits per heavy atom. The predicted octanol–water partition coefficient (Wildman–Crippen LogP) is 3.90. The lowest BCUT2D eigenvalue weighted by molar-refractivity contribution is -0.144. The fraction of sp³-hybridized carbons (Fsp3) is 0.167. The molecule has 1 N–H and O–H groups in total. The molecule has 0 fully saturated rings. The molecular weight excluding hydrogens is 295 g/mol. The Bertz CT molecular complexity index is 619. The minimum atomic E-state index is -4.66. The Balaban J connectivity index is 2.36. The number of para-hydroxylation sites is 2. The van der Waals surface area contributed by atoms with Crippen molar-refractivity contribution in [1.82, 2.24) is 9.97 Å². The van der Waals surface area contributed by atoms with E-state index in [-0.39, 0.29) is 11.0 Å². The van der Waals surface area contributed by atoms with Crippen LogP contribution in [0.2, 0.25) is 5.15 Å². The van der Waals surface area contributed by atoms with Crippen molar-refractivity contribution < 1.29 is 17.9 Å². The number of ether oxygens (including phenoxy) is 1. The van der Waals surface area contributed by atoms with E-state index in [0.29, 0.717) is 11.4 Å². The minimum absolute atomic E-state index is 0.0678. The van der Waals surface area contributed by atoms with E-state index < -0.39 is 12.0 Å². The van der Waals surface area contributed by atoms with Crippen LogP contribution in [-0.4, -0.2) is 17.1 Å². The molecule has 106 valence electrons. The third kappa shape index (κ3) is 3.30. The van der Waals surface area contributed by atoms with Gasteiger partial charge < -0.3 is 10.1 Å². The second-order valence-corrected chi connectivity index (χ2v) is 4.11. The van der Waals surface area contributed by atoms with Crippen molar-refractivity contribution in [1.29, 1.82) is 0 Å². The molecule has 0 aliphatic carbocycles. The highest BCUT2D eigenvalue weighted by Crippen LogP contribution is 2.31. The van der Waals surface area contributed by atoms with Crippen molar-refractivity contribution in [3.63, 3.8) is 0 Å². The zero-order chi connectivity index (χ0) is 14.8. The van der Waals surface area contributed by atoms with Gasteiger partial charge in [0.2, 0.25) is 5.82 Å². The molecule has 0 aliphatic heterocycles. The lowest BCUT2D eigenvalue weighted by Crippen LogP contribution is -2.12. The number of nitrogens with one attached hydrogen (secondary N) is 1. The molecule has 20 heavy (non-hydrogen) atoms. The smallest absolute Gasteiger partial charge is 0.451 e. The van der Waals surface area contributed by atoms with Crippen molar-refractivity contribution in [2.24, 2.45) is 0 Å². The highest BCUT2D eigenvalue weighted by atomic mass is 35.5. The van der Waals surface area contributed by atoms with Gasteiger partial charge in [0.1, 0.15) is 16.7 Å². The predicted molar refractivity (Wildman–Crippen MR) is 68.3 cm³/mol. The summed E-state index contributed by atoms with van der Waals surface area (Å²) in [7, 11) is 1.45. The molecule has 1 heterocycles. The molecule has 0 radical (unpaired) electrons. The average molecular weight is 304 g/mol. The number of alkyl halides is 3. The molecule has 4 nitrogen and oxygen atoms in total. The van der Waals surface area contributed by atoms with E-state index >= 15 is 0 Å². The van der Waals surface area contributed by atoms with Gasteiger partial charge in [0.05, 0.1) is 12.8 Å². The maximum atomic E-state index is 12.6. The monoisotopic (exact) mass is 303 g/mol. The van der Waals surface area contributed by atoms with E-state index in [2.05, 4.69) is 15.3 Å². The highest BCUT2D eigenvalue weighted by Gasteiger charge is 2.35. The van der Waals surface area contributed by atoms with Gasteiger partial charge in [-0.3, -0.25) is 0 Å². The lowest BCUT2D eigenvalue weighted by Gasteiger charge is -2.12. The number of benzene rings is 1. The molecule has 1 aromatic heterocycles. The van der Waals surface area contributed by atoms with Crippen LogP contribution >= 0.6 is 11.6 Å². The first kappa shape index (κ1) is 14.4. The van der Waals surface area contributed by atoms with E-state index in [1.807, 2.05) is 0 Å². The number of hydrogen-bond donors (Lipinski definition) is 1. The summed E-state index contributed by atoms with van der Waals surface area (Å²) in [4.78, 5) is 6.54. The summed E-state index contributed by atoms with van der Waals surface area (Å²) < 4.78 is 42.9. The highest BCUT2D eigenvalue weighted by molar-refractivity contribution is 6.29. The standard InChI is InChI=1S/C12H9ClF3N3O/c1-20-8-5-3-2-4-7(8)17-10-6-9(13)18-11(19-10)12(14,15)16/h2-6H,1H3,(H,17,18,19). The van der Waals surface area contributed by atoms with Crippen LogP contribution in [0.1, 0.15) is 5.82 Å². The maximum Gasteiger partial charge on any atom is 0.451 e. The van der Waals surface area contributed by atoms with Crippen LogP contribution in [0.5, 0.6) is 5.75 Å². The summed E-state index contributed by atoms with van der Waals surface area (Å²) in [5, 5.41) is 2.42. The molecule has 0 aliphatic rings. The van der Waals surface area contributed by atoms with E-state index in [9.17, 15) is 13.2 Å². The zero-order valence-corrected chi connectivity index (χ0v) is 11.0. The Hall–Kier alpha value is -2.02. The third-order valence-electron chi connectivity index (χ3n) is 2.32. The Morgan fingerprint density at radius 2 is 1.90 bits per heavy atom. The number of methoxy groups -OCH3 is 1. The zero-order valence-electron chi connectivity index (χ0n) is 10.2. The van der Waals surface area contributed by atoms with Crippen molar-refractivity contribution in [2.75, 3.05) is 12.4 Å². The van der Waals surface area contributed by atoms with Gasteiger partial charge in [-0.1, -0.05) is 23.7 Å². The molecule has 8 heteroatoms. The molecule has 1 aromatic carbocycles. The van der Waals surface area contributed by atoms with Gasteiger partial charge in [-0.2, -0.15) is 13.2 Å². The quantitative estimate of drug-likeness (QED) is 0.874. The van der Waals surface area contributed by atoms with Crippen LogP contribution in [0.3, 0.4) is 0 Å². The van der Waals surface area contributed by atoms with Gasteiger partial charge in [-0.05, 0) is 12.1 Å². The SMILES string of the molecule is COc1ccccc1Nc1cc(Cl)nc(C(F)(F)F)n1. The molecule has 0 bridgehead atoms. The van der Waals surface area contributed by atoms with Crippen molar-refractivity contribution in [2.45, 2.75) is 6.18 Å². The van der Waals surface area contributed by atoms with Gasteiger partial charge in [-0.15, -0.1) is 0 Å². The van der Waals surface area contributed by atoms with Gasteiger partial charge in [0, 0.05) is 6.07 Å². The second kappa shape index (κ2) is 5.54. The number of nitrogens with zero attached hydrogens (tertiary/aromatic N) is 2. The van der Waals surface area contributed by atoms with Crippen molar-refractivity contribution >= 4 is 23.1 Å². The molecule has 0 saturated carbocycles. The second-order valence-electron chi connectivity index (χ2n) is 3.72. The third-order valence-corrected chi connectivity index (χ3v) is 2.51. The Morgan fingerprint density at radius 3 is 2.55 bits per heavy atom. The molecule has 2 aromatic rings. The first-order valence-corrected chi connectivity index (χ1v) is 5.80. The van der Waals surface area contributed by atoms with E-state index in [1.54, 1.807) is 24.3 Å². The Labute approximate surface area is 117 Å². The number of anilines is 2. The van der Waals surface area contributed by atoms with Gasteiger partial charge in [-0.25, -0.2) is 9.97 Å². The van der Waals surface area contributed by atoms with Crippen LogP contribution in [0.15, 0.2) is 30.3 Å². The summed E-state index contributed by atoms with van der Waals surface area (Å²) in [6, 6.07) is 7.94. The summed E-state index contributed by atoms with van der Waals surface area (Å²) in [6.07, 6.45) is -4.66. The van der Waals surface area contributed by atoms with Crippen LogP contribution < -0.4 is 10.1 Å². The topological polar surface area (TPSA) is 47.0 Å². The average Bonchev–Trinajstić information content (AvgIpc) is 2.37. The fourth-order valence-corrected chi connectivity index (χ4v) is 1.68. The van der Waals surface area contributed by atoms with E-state index in [1.165, 1.54) is 13.2 Å². The van der Waals surface area contributed by atoms with Crippen molar-refractivity contribution in [3.05, 3.63) is 41.3 Å². The van der Waals surface area contributed by atoms with Gasteiger partial charge in [0.25, 0.3) is 0 Å². The number of hydrogen-bond acceptors (Lipinski definition) is 4. The van der Waals surface area contributed by atoms with Gasteiger partial charge >= 0.3 is 6.18 Å². The number of halogens is 4. The Kier molecular flexibility index (Phi) is 3.99. The number of rotatable bonds is 3. The minimum Gasteiger partial charge on any atom is -0.495 e. The first-order chi connectivity index (χ1) is 9.40. The maximum absolute atomic E-state index is 12.6. The molecule has 0 atom stereocenters. The molecule has 0 amide bonds. The van der Waals surface area contributed by atoms with Gasteiger partial charge in [0.15, 0.2) is 0 Å². The molecular formula is C12H9ClF3N3O. The van der Waals surface area contributed by atoms with Crippen molar-refractivity contribution in [3.8, 4) is 5.75 Å². The fourth-order valence-electron chi connectivity index (χ4n) is 1.49. The molecule has 0 spiro atoms. The summed E-state index contributed by atoms with van der Waals surface area (Å²) >= 11 is 5.57. The lowest BCUT2D eigenvalue weighted by atomic mass is 10.3. The van der Waals surface area contributed by atoms with Crippen LogP contribution in [-0.2, 0) is 6.18 Å². The van der Waals surface area contributed by atoms with E-state index in [4.69, 9.17) is 16.3 Å². The van der Waals surface area contributed by atoms with Crippen LogP contribution in [0, 0.1) is 0 Å². The normalized spacial score (nSPS) is 11.2. The summed E-state index contributed by atoms with van der Waals surface area (Å²) in [5.74, 6) is -0.903.